The van der Waals surface area contributed by atoms with Crippen molar-refractivity contribution in [2.45, 2.75) is 18.7 Å². The number of rotatable bonds is 6. The molecule has 1 aromatic heterocycles. The summed E-state index contributed by atoms with van der Waals surface area (Å²) >= 11 is 0. The minimum Gasteiger partial charge on any atom is -0.495 e. The van der Waals surface area contributed by atoms with Crippen LogP contribution in [0.15, 0.2) is 41.4 Å². The Hall–Kier alpha value is -2.32. The van der Waals surface area contributed by atoms with Crippen LogP contribution >= 0.6 is 0 Å². The van der Waals surface area contributed by atoms with Crippen LogP contribution in [0.1, 0.15) is 12.5 Å². The largest absolute Gasteiger partial charge is 0.495 e. The van der Waals surface area contributed by atoms with Gasteiger partial charge in [-0.3, -0.25) is 4.72 Å². The third-order valence-electron chi connectivity index (χ3n) is 4.75. The van der Waals surface area contributed by atoms with Crippen LogP contribution < -0.4 is 14.4 Å². The average molecular weight is 391 g/mol. The fourth-order valence-electron chi connectivity index (χ4n) is 3.13. The standard InChI is InChI=1S/C19H26N4O3S/c1-4-22-9-11-23(12-10-22)19-8-6-16(14-20-19)21-27(24,25)18-13-15(2)5-7-17(18)26-3/h5-8,13-14,21H,4,9-12H2,1-3H3. The SMILES string of the molecule is CCN1CCN(c2ccc(NS(=O)(=O)c3cc(C)ccc3OC)cn2)CC1. The predicted molar refractivity (Wildman–Crippen MR) is 107 cm³/mol. The Kier molecular flexibility index (Phi) is 5.86. The molecule has 146 valence electrons. The number of aryl methyl sites for hydroxylation is 1. The molecular weight excluding hydrogens is 364 g/mol. The second-order valence-electron chi connectivity index (χ2n) is 6.59. The summed E-state index contributed by atoms with van der Waals surface area (Å²) in [4.78, 5) is 9.17. The number of piperazine rings is 1. The van der Waals surface area contributed by atoms with E-state index in [4.69, 9.17) is 4.74 Å². The lowest BCUT2D eigenvalue weighted by atomic mass is 10.2. The zero-order valence-electron chi connectivity index (χ0n) is 16.0. The molecule has 0 spiro atoms. The first kappa shape index (κ1) is 19.4. The van der Waals surface area contributed by atoms with Crippen molar-refractivity contribution >= 4 is 21.5 Å². The van der Waals surface area contributed by atoms with E-state index in [2.05, 4.69) is 26.4 Å². The summed E-state index contributed by atoms with van der Waals surface area (Å²) in [5, 5.41) is 0. The van der Waals surface area contributed by atoms with Gasteiger partial charge in [-0.25, -0.2) is 13.4 Å². The molecule has 8 heteroatoms. The Morgan fingerprint density at radius 2 is 1.89 bits per heavy atom. The summed E-state index contributed by atoms with van der Waals surface area (Å²) < 4.78 is 33.3. The normalized spacial score (nSPS) is 15.6. The van der Waals surface area contributed by atoms with Gasteiger partial charge >= 0.3 is 0 Å². The molecule has 0 bridgehead atoms. The van der Waals surface area contributed by atoms with E-state index in [0.29, 0.717) is 11.4 Å². The molecule has 3 rings (SSSR count). The molecule has 2 aromatic rings. The molecule has 27 heavy (non-hydrogen) atoms. The van der Waals surface area contributed by atoms with Gasteiger partial charge < -0.3 is 14.5 Å². The highest BCUT2D eigenvalue weighted by atomic mass is 32.2. The van der Waals surface area contributed by atoms with E-state index in [9.17, 15) is 8.42 Å². The molecule has 1 N–H and O–H groups in total. The second-order valence-corrected chi connectivity index (χ2v) is 8.24. The topological polar surface area (TPSA) is 74.8 Å². The molecule has 1 aliphatic heterocycles. The molecule has 1 aromatic carbocycles. The van der Waals surface area contributed by atoms with Crippen molar-refractivity contribution in [2.75, 3.05) is 49.5 Å². The number of aromatic nitrogens is 1. The van der Waals surface area contributed by atoms with Crippen LogP contribution in [0.25, 0.3) is 0 Å². The van der Waals surface area contributed by atoms with Gasteiger partial charge in [-0.2, -0.15) is 0 Å². The summed E-state index contributed by atoms with van der Waals surface area (Å²) in [6.45, 7) is 8.94. The number of hydrogen-bond acceptors (Lipinski definition) is 6. The highest BCUT2D eigenvalue weighted by molar-refractivity contribution is 7.92. The van der Waals surface area contributed by atoms with Crippen LogP contribution in [0.4, 0.5) is 11.5 Å². The molecule has 0 atom stereocenters. The third-order valence-corrected chi connectivity index (χ3v) is 6.15. The van der Waals surface area contributed by atoms with Crippen LogP contribution in [0.2, 0.25) is 0 Å². The number of anilines is 2. The van der Waals surface area contributed by atoms with Gasteiger partial charge in [0.25, 0.3) is 10.0 Å². The van der Waals surface area contributed by atoms with Gasteiger partial charge in [0.1, 0.15) is 16.5 Å². The van der Waals surface area contributed by atoms with Gasteiger partial charge in [-0.15, -0.1) is 0 Å². The zero-order valence-corrected chi connectivity index (χ0v) is 16.8. The van der Waals surface area contributed by atoms with E-state index in [1.807, 2.05) is 19.1 Å². The van der Waals surface area contributed by atoms with Crippen molar-refractivity contribution in [2.24, 2.45) is 0 Å². The van der Waals surface area contributed by atoms with Gasteiger partial charge in [0.15, 0.2) is 0 Å². The van der Waals surface area contributed by atoms with E-state index in [1.54, 1.807) is 24.4 Å². The summed E-state index contributed by atoms with van der Waals surface area (Å²) in [6, 6.07) is 8.66. The van der Waals surface area contributed by atoms with Crippen molar-refractivity contribution in [3.8, 4) is 5.75 Å². The van der Waals surface area contributed by atoms with Gasteiger partial charge in [0.2, 0.25) is 0 Å². The minimum absolute atomic E-state index is 0.116. The number of sulfonamides is 1. The van der Waals surface area contributed by atoms with E-state index in [1.165, 1.54) is 7.11 Å². The monoisotopic (exact) mass is 390 g/mol. The van der Waals surface area contributed by atoms with Crippen LogP contribution in [0.5, 0.6) is 5.75 Å². The summed E-state index contributed by atoms with van der Waals surface area (Å²) in [6.07, 6.45) is 1.56. The fourth-order valence-corrected chi connectivity index (χ4v) is 4.43. The molecule has 1 saturated heterocycles. The number of ether oxygens (including phenoxy) is 1. The van der Waals surface area contributed by atoms with E-state index < -0.39 is 10.0 Å². The lowest BCUT2D eigenvalue weighted by molar-refractivity contribution is 0.270. The van der Waals surface area contributed by atoms with Crippen molar-refractivity contribution in [3.05, 3.63) is 42.1 Å². The predicted octanol–water partition coefficient (Wildman–Crippen LogP) is 2.34. The highest BCUT2D eigenvalue weighted by Gasteiger charge is 2.21. The number of hydrogen-bond donors (Lipinski definition) is 1. The Balaban J connectivity index is 1.74. The third kappa shape index (κ3) is 4.51. The van der Waals surface area contributed by atoms with Crippen LogP contribution in [0, 0.1) is 6.92 Å². The fraction of sp³-hybridized carbons (Fsp3) is 0.421. The van der Waals surface area contributed by atoms with E-state index >= 15 is 0 Å². The molecule has 0 aliphatic carbocycles. The molecule has 1 fully saturated rings. The quantitative estimate of drug-likeness (QED) is 0.816. The number of benzene rings is 1. The number of nitrogens with zero attached hydrogens (tertiary/aromatic N) is 3. The van der Waals surface area contributed by atoms with Gasteiger partial charge in [0, 0.05) is 26.2 Å². The van der Waals surface area contributed by atoms with Crippen LogP contribution in [0.3, 0.4) is 0 Å². The molecule has 0 radical (unpaired) electrons. The smallest absolute Gasteiger partial charge is 0.265 e. The van der Waals surface area contributed by atoms with Crippen molar-refractivity contribution in [1.82, 2.24) is 9.88 Å². The van der Waals surface area contributed by atoms with Crippen LogP contribution in [-0.2, 0) is 10.0 Å². The average Bonchev–Trinajstić information content (AvgIpc) is 2.68. The summed E-state index contributed by atoms with van der Waals surface area (Å²) in [5.41, 5.74) is 1.27. The van der Waals surface area contributed by atoms with Crippen molar-refractivity contribution in [3.63, 3.8) is 0 Å². The number of methoxy groups -OCH3 is 1. The lowest BCUT2D eigenvalue weighted by Crippen LogP contribution is -2.46. The molecule has 0 saturated carbocycles. The maximum Gasteiger partial charge on any atom is 0.265 e. The van der Waals surface area contributed by atoms with Gasteiger partial charge in [-0.05, 0) is 43.3 Å². The Morgan fingerprint density at radius 1 is 1.15 bits per heavy atom. The van der Waals surface area contributed by atoms with Crippen molar-refractivity contribution in [1.29, 1.82) is 0 Å². The Morgan fingerprint density at radius 3 is 2.48 bits per heavy atom. The van der Waals surface area contributed by atoms with Crippen LogP contribution in [-0.4, -0.2) is 58.1 Å². The molecule has 7 nitrogen and oxygen atoms in total. The van der Waals surface area contributed by atoms with E-state index in [-0.39, 0.29) is 4.90 Å². The maximum atomic E-state index is 12.8. The zero-order chi connectivity index (χ0) is 19.4. The van der Waals surface area contributed by atoms with Gasteiger partial charge in [-0.1, -0.05) is 13.0 Å². The summed E-state index contributed by atoms with van der Waals surface area (Å²) in [7, 11) is -2.31. The molecule has 0 amide bonds. The second kappa shape index (κ2) is 8.14. The molecule has 2 heterocycles. The highest BCUT2D eigenvalue weighted by Crippen LogP contribution is 2.27. The molecule has 1 aliphatic rings. The molecule has 0 unspecified atom stereocenters. The number of nitrogens with one attached hydrogen (secondary N) is 1. The first-order chi connectivity index (χ1) is 12.9. The molecular formula is C19H26N4O3S. The lowest BCUT2D eigenvalue weighted by Gasteiger charge is -2.34. The minimum atomic E-state index is -3.76. The van der Waals surface area contributed by atoms with E-state index in [0.717, 1.165) is 44.1 Å². The first-order valence-electron chi connectivity index (χ1n) is 9.04. The van der Waals surface area contributed by atoms with Gasteiger partial charge in [0.05, 0.1) is 19.0 Å². The first-order valence-corrected chi connectivity index (χ1v) is 10.5. The number of pyridine rings is 1. The maximum absolute atomic E-state index is 12.8. The Bertz CT molecular complexity index is 876. The summed E-state index contributed by atoms with van der Waals surface area (Å²) in [5.74, 6) is 1.17. The van der Waals surface area contributed by atoms with Crippen molar-refractivity contribution < 1.29 is 13.2 Å². The Labute approximate surface area is 161 Å². The number of likely N-dealkylation sites (N-methyl/N-ethyl adjacent to an activating group) is 1.